The third kappa shape index (κ3) is 7.31. The van der Waals surface area contributed by atoms with Gasteiger partial charge in [-0.2, -0.15) is 0 Å². The summed E-state index contributed by atoms with van der Waals surface area (Å²) in [4.78, 5) is 6.90. The maximum absolute atomic E-state index is 8.06. The second-order valence-corrected chi connectivity index (χ2v) is 9.53. The monoisotopic (exact) mass is 507 g/mol. The number of para-hydroxylation sites is 2. The molecule has 0 saturated carbocycles. The molecule has 1 saturated heterocycles. The standard InChI is InChI=1S/C26H26ClN3O2.C3H8O/c27-22-9-5-20(6-10-22)18-32-26(17-30-19-28-24-3-1-2-4-25(24)30)21-7-11-23(12-8-21)29-13-15-31-16-14-29;1-3(2)4/h1-12,19,26H,13-18H2;3-4H,1-2H3/t26-;/m1./s1. The van der Waals surface area contributed by atoms with Gasteiger partial charge in [0.05, 0.1) is 43.7 Å². The molecule has 1 aromatic heterocycles. The molecule has 2 heterocycles. The molecule has 3 aromatic carbocycles. The summed E-state index contributed by atoms with van der Waals surface area (Å²) in [6.07, 6.45) is 1.62. The van der Waals surface area contributed by atoms with Crippen molar-refractivity contribution in [1.82, 2.24) is 9.55 Å². The van der Waals surface area contributed by atoms with Crippen LogP contribution in [0.15, 0.2) is 79.1 Å². The number of nitrogens with zero attached hydrogens (tertiary/aromatic N) is 3. The summed E-state index contributed by atoms with van der Waals surface area (Å²) in [5.74, 6) is 0. The van der Waals surface area contributed by atoms with E-state index in [1.807, 2.05) is 48.8 Å². The number of hydrogen-bond acceptors (Lipinski definition) is 5. The van der Waals surface area contributed by atoms with Crippen molar-refractivity contribution < 1.29 is 14.6 Å². The van der Waals surface area contributed by atoms with Crippen LogP contribution in [0.4, 0.5) is 5.69 Å². The molecule has 7 heteroatoms. The lowest BCUT2D eigenvalue weighted by Crippen LogP contribution is -2.36. The Balaban J connectivity index is 0.000000709. The summed E-state index contributed by atoms with van der Waals surface area (Å²) in [5, 5.41) is 8.79. The molecular formula is C29H34ClN3O3. The highest BCUT2D eigenvalue weighted by Crippen LogP contribution is 2.27. The van der Waals surface area contributed by atoms with Crippen molar-refractivity contribution in [3.63, 3.8) is 0 Å². The first-order valence-electron chi connectivity index (χ1n) is 12.4. The highest BCUT2D eigenvalue weighted by atomic mass is 35.5. The van der Waals surface area contributed by atoms with E-state index in [1.165, 1.54) is 5.69 Å². The predicted molar refractivity (Wildman–Crippen MR) is 146 cm³/mol. The van der Waals surface area contributed by atoms with E-state index in [-0.39, 0.29) is 12.2 Å². The molecule has 5 rings (SSSR count). The average Bonchev–Trinajstić information content (AvgIpc) is 3.31. The van der Waals surface area contributed by atoms with Gasteiger partial charge in [0, 0.05) is 29.9 Å². The molecule has 4 aromatic rings. The topological polar surface area (TPSA) is 59.8 Å². The number of fused-ring (bicyclic) bond motifs is 1. The second kappa shape index (κ2) is 12.9. The minimum absolute atomic E-state index is 0.109. The fraction of sp³-hybridized carbons (Fsp3) is 0.345. The Bertz CT molecular complexity index is 1200. The molecule has 1 atom stereocenters. The fourth-order valence-corrected chi connectivity index (χ4v) is 4.21. The van der Waals surface area contributed by atoms with E-state index < -0.39 is 0 Å². The number of anilines is 1. The average molecular weight is 508 g/mol. The molecule has 0 aliphatic carbocycles. The first-order chi connectivity index (χ1) is 17.5. The summed E-state index contributed by atoms with van der Waals surface area (Å²) >= 11 is 6.04. The summed E-state index contributed by atoms with van der Waals surface area (Å²) in [7, 11) is 0. The molecule has 0 unspecified atom stereocenters. The lowest BCUT2D eigenvalue weighted by molar-refractivity contribution is 0.0287. The van der Waals surface area contributed by atoms with Gasteiger partial charge < -0.3 is 24.0 Å². The molecule has 0 bridgehead atoms. The van der Waals surface area contributed by atoms with Gasteiger partial charge in [0.25, 0.3) is 0 Å². The Labute approximate surface area is 218 Å². The Kier molecular flexibility index (Phi) is 9.36. The van der Waals surface area contributed by atoms with Crippen LogP contribution in [0.1, 0.15) is 31.1 Å². The highest BCUT2D eigenvalue weighted by Gasteiger charge is 2.17. The van der Waals surface area contributed by atoms with Gasteiger partial charge in [-0.3, -0.25) is 0 Å². The number of ether oxygens (including phenoxy) is 2. The number of aromatic nitrogens is 2. The van der Waals surface area contributed by atoms with Gasteiger partial charge >= 0.3 is 0 Å². The van der Waals surface area contributed by atoms with Crippen molar-refractivity contribution in [1.29, 1.82) is 0 Å². The van der Waals surface area contributed by atoms with Crippen LogP contribution in [-0.4, -0.2) is 47.1 Å². The maximum Gasteiger partial charge on any atom is 0.101 e. The maximum atomic E-state index is 8.06. The Morgan fingerprint density at radius 2 is 1.64 bits per heavy atom. The molecule has 1 fully saturated rings. The highest BCUT2D eigenvalue weighted by molar-refractivity contribution is 6.30. The Morgan fingerprint density at radius 3 is 2.33 bits per heavy atom. The number of halogens is 1. The molecule has 1 aliphatic rings. The van der Waals surface area contributed by atoms with Gasteiger partial charge in [-0.25, -0.2) is 4.98 Å². The SMILES string of the molecule is CC(C)O.Clc1ccc(CO[C@H](Cn2cnc3ccccc32)c2ccc(N3CCOCC3)cc2)cc1. The van der Waals surface area contributed by atoms with Crippen LogP contribution in [0, 0.1) is 0 Å². The van der Waals surface area contributed by atoms with Crippen molar-refractivity contribution in [2.24, 2.45) is 0 Å². The van der Waals surface area contributed by atoms with Crippen LogP contribution in [0.3, 0.4) is 0 Å². The number of rotatable bonds is 7. The smallest absolute Gasteiger partial charge is 0.101 e. The first-order valence-corrected chi connectivity index (χ1v) is 12.7. The van der Waals surface area contributed by atoms with Crippen molar-refractivity contribution in [2.75, 3.05) is 31.2 Å². The zero-order valence-corrected chi connectivity index (χ0v) is 21.6. The third-order valence-corrected chi connectivity index (χ3v) is 6.15. The van der Waals surface area contributed by atoms with E-state index in [9.17, 15) is 0 Å². The fourth-order valence-electron chi connectivity index (χ4n) is 4.09. The normalized spacial score (nSPS) is 14.5. The third-order valence-electron chi connectivity index (χ3n) is 5.90. The first kappa shape index (κ1) is 26.2. The van der Waals surface area contributed by atoms with E-state index >= 15 is 0 Å². The molecule has 6 nitrogen and oxygen atoms in total. The number of imidazole rings is 1. The van der Waals surface area contributed by atoms with E-state index in [0.717, 1.165) is 53.5 Å². The van der Waals surface area contributed by atoms with E-state index in [1.54, 1.807) is 13.8 Å². The van der Waals surface area contributed by atoms with E-state index in [2.05, 4.69) is 44.8 Å². The number of benzene rings is 3. The molecule has 1 aliphatic heterocycles. The van der Waals surface area contributed by atoms with Crippen LogP contribution in [0.5, 0.6) is 0 Å². The number of morpholine rings is 1. The minimum Gasteiger partial charge on any atom is -0.394 e. The molecule has 190 valence electrons. The zero-order valence-electron chi connectivity index (χ0n) is 20.9. The second-order valence-electron chi connectivity index (χ2n) is 9.10. The lowest BCUT2D eigenvalue weighted by atomic mass is 10.1. The molecule has 0 spiro atoms. The van der Waals surface area contributed by atoms with Gasteiger partial charge in [-0.1, -0.05) is 48.0 Å². The number of aliphatic hydroxyl groups is 1. The Hall–Kier alpha value is -2.90. The van der Waals surface area contributed by atoms with Crippen LogP contribution < -0.4 is 4.90 Å². The molecule has 0 radical (unpaired) electrons. The number of hydrogen-bond donors (Lipinski definition) is 1. The van der Waals surface area contributed by atoms with Gasteiger partial charge in [-0.15, -0.1) is 0 Å². The van der Waals surface area contributed by atoms with Gasteiger partial charge in [0.1, 0.15) is 6.10 Å². The van der Waals surface area contributed by atoms with E-state index in [4.69, 9.17) is 26.2 Å². The van der Waals surface area contributed by atoms with Crippen molar-refractivity contribution in [3.8, 4) is 0 Å². The molecular weight excluding hydrogens is 474 g/mol. The van der Waals surface area contributed by atoms with Gasteiger partial charge in [-0.05, 0) is 61.4 Å². The summed E-state index contributed by atoms with van der Waals surface area (Å²) in [6.45, 7) is 8.06. The van der Waals surface area contributed by atoms with Crippen LogP contribution in [-0.2, 0) is 22.6 Å². The minimum atomic E-state index is -0.167. The quantitative estimate of drug-likeness (QED) is 0.339. The van der Waals surface area contributed by atoms with E-state index in [0.29, 0.717) is 13.2 Å². The summed E-state index contributed by atoms with van der Waals surface area (Å²) in [5.41, 5.74) is 5.57. The Morgan fingerprint density at radius 1 is 0.972 bits per heavy atom. The van der Waals surface area contributed by atoms with Gasteiger partial charge in [0.2, 0.25) is 0 Å². The largest absolute Gasteiger partial charge is 0.394 e. The van der Waals surface area contributed by atoms with Crippen LogP contribution >= 0.6 is 11.6 Å². The molecule has 0 amide bonds. The predicted octanol–water partition coefficient (Wildman–Crippen LogP) is 5.87. The van der Waals surface area contributed by atoms with Gasteiger partial charge in [0.15, 0.2) is 0 Å². The zero-order chi connectivity index (χ0) is 25.3. The molecule has 36 heavy (non-hydrogen) atoms. The number of aliphatic hydroxyl groups excluding tert-OH is 1. The van der Waals surface area contributed by atoms with Crippen LogP contribution in [0.2, 0.25) is 5.02 Å². The summed E-state index contributed by atoms with van der Waals surface area (Å²) < 4.78 is 14.1. The van der Waals surface area contributed by atoms with Crippen molar-refractivity contribution in [2.45, 2.75) is 39.2 Å². The molecule has 1 N–H and O–H groups in total. The summed E-state index contributed by atoms with van der Waals surface area (Å²) in [6, 6.07) is 24.7. The van der Waals surface area contributed by atoms with Crippen molar-refractivity contribution >= 4 is 28.3 Å². The lowest BCUT2D eigenvalue weighted by Gasteiger charge is -2.29. The van der Waals surface area contributed by atoms with Crippen molar-refractivity contribution in [3.05, 3.63) is 95.3 Å². The van der Waals surface area contributed by atoms with Crippen LogP contribution in [0.25, 0.3) is 11.0 Å².